The molecule has 1 aliphatic carbocycles. The van der Waals surface area contributed by atoms with Gasteiger partial charge in [-0.1, -0.05) is 25.1 Å². The fourth-order valence-electron chi connectivity index (χ4n) is 2.75. The molecule has 1 unspecified atom stereocenters. The molecule has 0 spiro atoms. The lowest BCUT2D eigenvalue weighted by Gasteiger charge is -2.26. The van der Waals surface area contributed by atoms with Gasteiger partial charge in [0.15, 0.2) is 0 Å². The summed E-state index contributed by atoms with van der Waals surface area (Å²) in [4.78, 5) is 5.07. The molecule has 122 valence electrons. The van der Waals surface area contributed by atoms with Crippen molar-refractivity contribution in [1.82, 2.24) is 0 Å². The largest absolute Gasteiger partial charge is 0.387 e. The lowest BCUT2D eigenvalue weighted by molar-refractivity contribution is -0.0303. The van der Waals surface area contributed by atoms with E-state index in [1.54, 1.807) is 0 Å². The lowest BCUT2D eigenvalue weighted by Crippen LogP contribution is -2.29. The molecule has 0 aromatic heterocycles. The Morgan fingerprint density at radius 1 is 1.36 bits per heavy atom. The molecule has 22 heavy (non-hydrogen) atoms. The van der Waals surface area contributed by atoms with Crippen molar-refractivity contribution in [3.05, 3.63) is 35.4 Å². The Balaban J connectivity index is 2.29. The summed E-state index contributed by atoms with van der Waals surface area (Å²) in [6.07, 6.45) is 0.275. The maximum absolute atomic E-state index is 13.9. The molecule has 0 amide bonds. The van der Waals surface area contributed by atoms with E-state index in [1.807, 2.05) is 13.8 Å². The lowest BCUT2D eigenvalue weighted by atomic mass is 9.83. The monoisotopic (exact) mass is 313 g/mol. The molecule has 0 saturated heterocycles. The van der Waals surface area contributed by atoms with Gasteiger partial charge in [0, 0.05) is 24.2 Å². The number of oxime groups is 1. The molecular weight excluding hydrogens is 292 g/mol. The quantitative estimate of drug-likeness (QED) is 0.363. The van der Waals surface area contributed by atoms with Crippen LogP contribution in [0.4, 0.5) is 8.78 Å². The number of hydrogen-bond donors (Lipinski definition) is 1. The first kappa shape index (κ1) is 16.8. The molecular formula is C16H21F2NO3. The minimum absolute atomic E-state index is 0.00725. The smallest absolute Gasteiger partial charge is 0.216 e. The van der Waals surface area contributed by atoms with Gasteiger partial charge in [-0.15, -0.1) is 0 Å². The van der Waals surface area contributed by atoms with Crippen molar-refractivity contribution in [2.75, 3.05) is 13.9 Å². The number of rotatable bonds is 7. The van der Waals surface area contributed by atoms with E-state index in [9.17, 15) is 13.9 Å². The fraction of sp³-hybridized carbons (Fsp3) is 0.562. The third-order valence-electron chi connectivity index (χ3n) is 3.96. The average Bonchev–Trinajstić information content (AvgIpc) is 3.24. The van der Waals surface area contributed by atoms with Crippen LogP contribution in [-0.4, -0.2) is 24.7 Å². The van der Waals surface area contributed by atoms with Gasteiger partial charge in [0.05, 0.1) is 11.8 Å². The standard InChI is InChI=1S/C16H21F2NO3/c1-10(2)14(19-22-9-21-3)16(6-7-16)15(20)12-5-4-11(17)8-13(12)18/h4-5,8,10,15,20H,6-7,9H2,1-3H3/b19-14+. The molecule has 1 atom stereocenters. The second kappa shape index (κ2) is 6.71. The molecule has 1 aromatic rings. The van der Waals surface area contributed by atoms with E-state index >= 15 is 0 Å². The Labute approximate surface area is 128 Å². The third kappa shape index (κ3) is 3.28. The van der Waals surface area contributed by atoms with E-state index in [0.717, 1.165) is 12.1 Å². The average molecular weight is 313 g/mol. The summed E-state index contributed by atoms with van der Waals surface area (Å²) in [6.45, 7) is 3.87. The van der Waals surface area contributed by atoms with Crippen LogP contribution in [0.2, 0.25) is 0 Å². The summed E-state index contributed by atoms with van der Waals surface area (Å²) >= 11 is 0. The number of ether oxygens (including phenoxy) is 1. The number of aliphatic hydroxyl groups is 1. The second-order valence-electron chi connectivity index (χ2n) is 5.89. The zero-order valence-corrected chi connectivity index (χ0v) is 13.0. The van der Waals surface area contributed by atoms with Gasteiger partial charge in [0.1, 0.15) is 11.6 Å². The maximum Gasteiger partial charge on any atom is 0.216 e. The van der Waals surface area contributed by atoms with Crippen LogP contribution in [0, 0.1) is 23.0 Å². The fourth-order valence-corrected chi connectivity index (χ4v) is 2.75. The van der Waals surface area contributed by atoms with Gasteiger partial charge in [-0.05, 0) is 24.8 Å². The summed E-state index contributed by atoms with van der Waals surface area (Å²) in [5.41, 5.74) is 0.0976. The normalized spacial score (nSPS) is 18.4. The predicted octanol–water partition coefficient (Wildman–Crippen LogP) is 3.41. The third-order valence-corrected chi connectivity index (χ3v) is 3.96. The summed E-state index contributed by atoms with van der Waals surface area (Å²) in [7, 11) is 1.49. The van der Waals surface area contributed by atoms with Crippen molar-refractivity contribution in [2.24, 2.45) is 16.5 Å². The highest BCUT2D eigenvalue weighted by Gasteiger charge is 2.55. The molecule has 1 N–H and O–H groups in total. The molecule has 2 rings (SSSR count). The van der Waals surface area contributed by atoms with Gasteiger partial charge >= 0.3 is 0 Å². The summed E-state index contributed by atoms with van der Waals surface area (Å²) < 4.78 is 31.8. The SMILES string of the molecule is COCO/N=C(\C(C)C)C1(C(O)c2ccc(F)cc2F)CC1. The number of hydrogen-bond acceptors (Lipinski definition) is 4. The van der Waals surface area contributed by atoms with E-state index in [4.69, 9.17) is 9.57 Å². The number of halogens is 2. The Bertz CT molecular complexity index is 556. The summed E-state index contributed by atoms with van der Waals surface area (Å²) in [6, 6.07) is 3.21. The number of nitrogens with zero attached hydrogens (tertiary/aromatic N) is 1. The number of benzene rings is 1. The summed E-state index contributed by atoms with van der Waals surface area (Å²) in [5.74, 6) is -1.39. The van der Waals surface area contributed by atoms with Crippen LogP contribution < -0.4 is 0 Å². The van der Waals surface area contributed by atoms with Crippen LogP contribution >= 0.6 is 0 Å². The van der Waals surface area contributed by atoms with E-state index in [-0.39, 0.29) is 18.3 Å². The van der Waals surface area contributed by atoms with Crippen LogP contribution in [0.25, 0.3) is 0 Å². The molecule has 1 fully saturated rings. The first-order valence-electron chi connectivity index (χ1n) is 7.24. The van der Waals surface area contributed by atoms with Crippen molar-refractivity contribution in [2.45, 2.75) is 32.8 Å². The van der Waals surface area contributed by atoms with E-state index < -0.39 is 23.2 Å². The number of methoxy groups -OCH3 is 1. The van der Waals surface area contributed by atoms with Gasteiger partial charge in [-0.2, -0.15) is 0 Å². The predicted molar refractivity (Wildman–Crippen MR) is 78.2 cm³/mol. The number of aliphatic hydroxyl groups excluding tert-OH is 1. The minimum Gasteiger partial charge on any atom is -0.387 e. The van der Waals surface area contributed by atoms with Gasteiger partial charge in [0.25, 0.3) is 0 Å². The van der Waals surface area contributed by atoms with Gasteiger partial charge in [0.2, 0.25) is 6.79 Å². The van der Waals surface area contributed by atoms with Gasteiger partial charge in [-0.3, -0.25) is 0 Å². The van der Waals surface area contributed by atoms with Crippen molar-refractivity contribution < 1.29 is 23.5 Å². The van der Waals surface area contributed by atoms with E-state index in [0.29, 0.717) is 18.6 Å². The topological polar surface area (TPSA) is 51.0 Å². The highest BCUT2D eigenvalue weighted by atomic mass is 19.1. The van der Waals surface area contributed by atoms with E-state index in [2.05, 4.69) is 5.16 Å². The van der Waals surface area contributed by atoms with Crippen LogP contribution in [-0.2, 0) is 9.57 Å². The molecule has 1 saturated carbocycles. The molecule has 0 heterocycles. The van der Waals surface area contributed by atoms with Crippen molar-refractivity contribution in [3.63, 3.8) is 0 Å². The van der Waals surface area contributed by atoms with Crippen LogP contribution in [0.5, 0.6) is 0 Å². The summed E-state index contributed by atoms with van der Waals surface area (Å²) in [5, 5.41) is 14.7. The van der Waals surface area contributed by atoms with Crippen LogP contribution in [0.15, 0.2) is 23.4 Å². The molecule has 0 aliphatic heterocycles. The molecule has 4 nitrogen and oxygen atoms in total. The first-order chi connectivity index (χ1) is 10.4. The molecule has 1 aliphatic rings. The molecule has 0 radical (unpaired) electrons. The molecule has 6 heteroatoms. The Morgan fingerprint density at radius 2 is 2.05 bits per heavy atom. The van der Waals surface area contributed by atoms with Gasteiger partial charge < -0.3 is 14.7 Å². The molecule has 0 bridgehead atoms. The van der Waals surface area contributed by atoms with Gasteiger partial charge in [-0.25, -0.2) is 8.78 Å². The Hall–Kier alpha value is -1.53. The maximum atomic E-state index is 13.9. The highest BCUT2D eigenvalue weighted by molar-refractivity contribution is 5.94. The molecule has 1 aromatic carbocycles. The Morgan fingerprint density at radius 3 is 2.55 bits per heavy atom. The Kier molecular flexibility index (Phi) is 5.13. The first-order valence-corrected chi connectivity index (χ1v) is 7.24. The second-order valence-corrected chi connectivity index (χ2v) is 5.89. The zero-order chi connectivity index (χ0) is 16.3. The van der Waals surface area contributed by atoms with Crippen molar-refractivity contribution in [3.8, 4) is 0 Å². The van der Waals surface area contributed by atoms with Crippen molar-refractivity contribution in [1.29, 1.82) is 0 Å². The van der Waals surface area contributed by atoms with Crippen LogP contribution in [0.3, 0.4) is 0 Å². The van der Waals surface area contributed by atoms with Crippen LogP contribution in [0.1, 0.15) is 38.4 Å². The minimum atomic E-state index is -1.08. The zero-order valence-electron chi connectivity index (χ0n) is 13.0. The highest BCUT2D eigenvalue weighted by Crippen LogP contribution is 2.57. The van der Waals surface area contributed by atoms with Crippen molar-refractivity contribution >= 4 is 5.71 Å². The van der Waals surface area contributed by atoms with E-state index in [1.165, 1.54) is 13.2 Å².